The molecule has 0 saturated carbocycles. The van der Waals surface area contributed by atoms with E-state index in [0.717, 1.165) is 12.3 Å². The van der Waals surface area contributed by atoms with Crippen molar-refractivity contribution < 1.29 is 21.5 Å². The van der Waals surface area contributed by atoms with Gasteiger partial charge < -0.3 is 17.0 Å². The van der Waals surface area contributed by atoms with Gasteiger partial charge in [-0.05, 0) is 44.2 Å². The second kappa shape index (κ2) is 7.07. The molecular formula is C17H25BrN2. The molecule has 0 bridgehead atoms. The molecule has 0 aliphatic rings. The van der Waals surface area contributed by atoms with Crippen LogP contribution in [-0.4, -0.2) is 4.98 Å². The van der Waals surface area contributed by atoms with E-state index in [2.05, 4.69) is 62.5 Å². The van der Waals surface area contributed by atoms with Gasteiger partial charge in [-0.3, -0.25) is 0 Å². The predicted molar refractivity (Wildman–Crippen MR) is 79.7 cm³/mol. The summed E-state index contributed by atoms with van der Waals surface area (Å²) in [5.74, 6) is 2.03. The molecule has 3 heteroatoms. The number of nitrogens with zero attached hydrogens (tertiary/aromatic N) is 1. The van der Waals surface area contributed by atoms with Crippen molar-refractivity contribution in [2.75, 3.05) is 0 Å². The minimum Gasteiger partial charge on any atom is -1.00 e. The van der Waals surface area contributed by atoms with Crippen molar-refractivity contribution >= 4 is 0 Å². The Morgan fingerprint density at radius 1 is 1.10 bits per heavy atom. The summed E-state index contributed by atoms with van der Waals surface area (Å²) >= 11 is 0. The molecule has 2 nitrogen and oxygen atoms in total. The van der Waals surface area contributed by atoms with Crippen molar-refractivity contribution in [1.29, 1.82) is 0 Å². The van der Waals surface area contributed by atoms with Crippen molar-refractivity contribution in [3.8, 4) is 5.69 Å². The molecule has 1 heterocycles. The zero-order chi connectivity index (χ0) is 14.0. The van der Waals surface area contributed by atoms with Crippen molar-refractivity contribution in [2.24, 2.45) is 5.92 Å². The molecule has 0 aliphatic heterocycles. The third-order valence-electron chi connectivity index (χ3n) is 3.60. The molecule has 1 N–H and O–H groups in total. The van der Waals surface area contributed by atoms with Gasteiger partial charge in [-0.1, -0.05) is 31.5 Å². The van der Waals surface area contributed by atoms with Crippen LogP contribution in [0.1, 0.15) is 42.8 Å². The quantitative estimate of drug-likeness (QED) is 0.797. The molecule has 1 aromatic carbocycles. The van der Waals surface area contributed by atoms with Gasteiger partial charge in [-0.2, -0.15) is 4.57 Å². The lowest BCUT2D eigenvalue weighted by Crippen LogP contribution is -3.00. The average molecular weight is 337 g/mol. The number of H-pyrrole nitrogens is 1. The average Bonchev–Trinajstić information content (AvgIpc) is 2.73. The van der Waals surface area contributed by atoms with Crippen LogP contribution < -0.4 is 21.5 Å². The maximum Gasteiger partial charge on any atom is 0.259 e. The molecule has 20 heavy (non-hydrogen) atoms. The molecule has 0 aliphatic carbocycles. The van der Waals surface area contributed by atoms with E-state index in [-0.39, 0.29) is 17.0 Å². The summed E-state index contributed by atoms with van der Waals surface area (Å²) in [7, 11) is 0. The molecule has 110 valence electrons. The monoisotopic (exact) mass is 336 g/mol. The summed E-state index contributed by atoms with van der Waals surface area (Å²) < 4.78 is 2.31. The molecule has 0 spiro atoms. The molecule has 1 aromatic heterocycles. The highest BCUT2D eigenvalue weighted by Gasteiger charge is 2.17. The number of hydrogen-bond donors (Lipinski definition) is 1. The Labute approximate surface area is 133 Å². The second-order valence-electron chi connectivity index (χ2n) is 5.96. The molecule has 0 radical (unpaired) electrons. The van der Waals surface area contributed by atoms with E-state index in [0.29, 0.717) is 0 Å². The van der Waals surface area contributed by atoms with Crippen LogP contribution in [0, 0.1) is 26.7 Å². The van der Waals surface area contributed by atoms with Gasteiger partial charge >= 0.3 is 0 Å². The Morgan fingerprint density at radius 2 is 1.70 bits per heavy atom. The summed E-state index contributed by atoms with van der Waals surface area (Å²) in [5.41, 5.74) is 5.34. The number of benzene rings is 1. The first-order valence-electron chi connectivity index (χ1n) is 7.15. The minimum atomic E-state index is 0. The van der Waals surface area contributed by atoms with Crippen LogP contribution in [0.2, 0.25) is 0 Å². The van der Waals surface area contributed by atoms with Crippen LogP contribution in [0.15, 0.2) is 24.5 Å². The van der Waals surface area contributed by atoms with Crippen LogP contribution in [0.5, 0.6) is 0 Å². The molecule has 0 saturated heterocycles. The Bertz CT molecular complexity index is 547. The summed E-state index contributed by atoms with van der Waals surface area (Å²) in [5, 5.41) is 0. The lowest BCUT2D eigenvalue weighted by atomic mass is 10.0. The van der Waals surface area contributed by atoms with Crippen LogP contribution in [-0.2, 0) is 6.42 Å². The van der Waals surface area contributed by atoms with Crippen molar-refractivity contribution in [3.63, 3.8) is 0 Å². The van der Waals surface area contributed by atoms with E-state index < -0.39 is 0 Å². The lowest BCUT2D eigenvalue weighted by Gasteiger charge is -2.10. The number of nitrogens with one attached hydrogen (secondary N) is 1. The minimum absolute atomic E-state index is 0. The number of aromatic nitrogens is 2. The number of halogens is 1. The first kappa shape index (κ1) is 17.0. The van der Waals surface area contributed by atoms with Gasteiger partial charge in [0.25, 0.3) is 5.82 Å². The first-order chi connectivity index (χ1) is 8.99. The van der Waals surface area contributed by atoms with E-state index in [4.69, 9.17) is 0 Å². The van der Waals surface area contributed by atoms with Gasteiger partial charge in [-0.25, -0.2) is 4.98 Å². The molecule has 2 rings (SSSR count). The largest absolute Gasteiger partial charge is 1.00 e. The van der Waals surface area contributed by atoms with Gasteiger partial charge in [0.1, 0.15) is 18.1 Å². The zero-order valence-electron chi connectivity index (χ0n) is 13.1. The van der Waals surface area contributed by atoms with E-state index in [1.807, 2.05) is 6.20 Å². The van der Waals surface area contributed by atoms with E-state index in [9.17, 15) is 0 Å². The van der Waals surface area contributed by atoms with E-state index in [1.54, 1.807) is 0 Å². The molecule has 0 fully saturated rings. The summed E-state index contributed by atoms with van der Waals surface area (Å²) in [6.07, 6.45) is 6.48. The number of aromatic amines is 1. The third-order valence-corrected chi connectivity index (χ3v) is 3.60. The number of aryl methyl sites for hydroxylation is 4. The molecule has 0 amide bonds. The number of hydrogen-bond acceptors (Lipinski definition) is 0. The third kappa shape index (κ3) is 3.72. The highest BCUT2D eigenvalue weighted by molar-refractivity contribution is 5.43. The summed E-state index contributed by atoms with van der Waals surface area (Å²) in [6, 6.07) is 4.52. The number of imidazole rings is 1. The lowest BCUT2D eigenvalue weighted by molar-refractivity contribution is -0.603. The highest BCUT2D eigenvalue weighted by Crippen LogP contribution is 2.17. The highest BCUT2D eigenvalue weighted by atomic mass is 79.9. The Kier molecular flexibility index (Phi) is 6.00. The van der Waals surface area contributed by atoms with Crippen LogP contribution in [0.25, 0.3) is 5.69 Å². The maximum atomic E-state index is 3.39. The fourth-order valence-electron chi connectivity index (χ4n) is 2.75. The van der Waals surface area contributed by atoms with Crippen LogP contribution in [0.3, 0.4) is 0 Å². The van der Waals surface area contributed by atoms with E-state index in [1.165, 1.54) is 34.6 Å². The van der Waals surface area contributed by atoms with Crippen molar-refractivity contribution in [1.82, 2.24) is 4.98 Å². The zero-order valence-corrected chi connectivity index (χ0v) is 14.7. The van der Waals surface area contributed by atoms with Crippen LogP contribution >= 0.6 is 0 Å². The Hall–Kier alpha value is -1.09. The predicted octanol–water partition coefficient (Wildman–Crippen LogP) is 0.809. The molecule has 2 aromatic rings. The Morgan fingerprint density at radius 3 is 2.25 bits per heavy atom. The molecule has 0 atom stereocenters. The second-order valence-corrected chi connectivity index (χ2v) is 5.96. The van der Waals surface area contributed by atoms with E-state index >= 15 is 0 Å². The SMILES string of the molecule is Cc1cc(C)c(-[n+]2cc[nH]c2CCC(C)C)c(C)c1.[Br-]. The smallest absolute Gasteiger partial charge is 0.259 e. The standard InChI is InChI=1S/C17H24N2.BrH/c1-12(2)6-7-16-18-8-9-19(16)17-14(4)10-13(3)11-15(17)5;/h8-12H,6-7H2,1-5H3;1H. The molecular weight excluding hydrogens is 312 g/mol. The number of rotatable bonds is 4. The maximum absolute atomic E-state index is 3.39. The van der Waals surface area contributed by atoms with Crippen LogP contribution in [0.4, 0.5) is 0 Å². The fourth-order valence-corrected chi connectivity index (χ4v) is 2.75. The van der Waals surface area contributed by atoms with Gasteiger partial charge in [-0.15, -0.1) is 0 Å². The van der Waals surface area contributed by atoms with Gasteiger partial charge in [0.15, 0.2) is 0 Å². The van der Waals surface area contributed by atoms with Gasteiger partial charge in [0.2, 0.25) is 0 Å². The van der Waals surface area contributed by atoms with Gasteiger partial charge in [0.05, 0.1) is 0 Å². The molecule has 0 unspecified atom stereocenters. The fraction of sp³-hybridized carbons (Fsp3) is 0.471. The normalized spacial score (nSPS) is 10.7. The van der Waals surface area contributed by atoms with Crippen molar-refractivity contribution in [2.45, 2.75) is 47.5 Å². The topological polar surface area (TPSA) is 19.7 Å². The summed E-state index contributed by atoms with van der Waals surface area (Å²) in [6.45, 7) is 11.1. The first-order valence-corrected chi connectivity index (χ1v) is 7.15. The van der Waals surface area contributed by atoms with Gasteiger partial charge in [0, 0.05) is 6.42 Å². The van der Waals surface area contributed by atoms with Crippen molar-refractivity contribution in [3.05, 3.63) is 47.0 Å². The Balaban J connectivity index is 0.00000200. The summed E-state index contributed by atoms with van der Waals surface area (Å²) in [4.78, 5) is 3.39.